The molecule has 100 valence electrons. The van der Waals surface area contributed by atoms with Gasteiger partial charge in [-0.3, -0.25) is 4.79 Å². The van der Waals surface area contributed by atoms with Crippen LogP contribution in [0.4, 0.5) is 0 Å². The Morgan fingerprint density at radius 1 is 1.47 bits per heavy atom. The van der Waals surface area contributed by atoms with Gasteiger partial charge in [0.15, 0.2) is 0 Å². The van der Waals surface area contributed by atoms with Crippen LogP contribution in [0.25, 0.3) is 0 Å². The molecule has 0 aromatic carbocycles. The molecule has 0 aromatic heterocycles. The summed E-state index contributed by atoms with van der Waals surface area (Å²) in [6.07, 6.45) is 6.61. The van der Waals surface area contributed by atoms with E-state index in [0.717, 1.165) is 25.9 Å². The maximum Gasteiger partial charge on any atom is 0.237 e. The number of carbonyl (C=O) groups excluding carboxylic acids is 1. The van der Waals surface area contributed by atoms with Crippen molar-refractivity contribution < 1.29 is 9.53 Å². The fraction of sp³-hybridized carbons (Fsp3) is 0.917. The van der Waals surface area contributed by atoms with E-state index >= 15 is 0 Å². The molecule has 17 heavy (non-hydrogen) atoms. The van der Waals surface area contributed by atoms with Crippen LogP contribution in [-0.4, -0.2) is 50.3 Å². The Hall–Kier alpha value is -0.260. The maximum absolute atomic E-state index is 11.8. The van der Waals surface area contributed by atoms with Gasteiger partial charge >= 0.3 is 0 Å². The van der Waals surface area contributed by atoms with Crippen LogP contribution in [0.5, 0.6) is 0 Å². The molecule has 0 saturated carbocycles. The molecule has 2 atom stereocenters. The second-order valence-electron chi connectivity index (χ2n) is 4.40. The second kappa shape index (κ2) is 8.78. The molecule has 5 heteroatoms. The summed E-state index contributed by atoms with van der Waals surface area (Å²) in [5.41, 5.74) is 0. The highest BCUT2D eigenvalue weighted by Gasteiger charge is 2.28. The zero-order valence-corrected chi connectivity index (χ0v) is 11.6. The number of ether oxygens (including phenoxy) is 1. The molecular formula is C12H24N2O2S. The molecule has 0 bridgehead atoms. The number of rotatable bonds is 8. The Morgan fingerprint density at radius 2 is 2.29 bits per heavy atom. The van der Waals surface area contributed by atoms with Gasteiger partial charge in [-0.15, -0.1) is 0 Å². The molecule has 1 saturated heterocycles. The topological polar surface area (TPSA) is 50.4 Å². The first-order valence-corrected chi connectivity index (χ1v) is 7.70. The van der Waals surface area contributed by atoms with Crippen LogP contribution in [0.2, 0.25) is 0 Å². The van der Waals surface area contributed by atoms with Gasteiger partial charge in [0.25, 0.3) is 0 Å². The predicted octanol–water partition coefficient (Wildman–Crippen LogP) is 1.01. The van der Waals surface area contributed by atoms with E-state index in [1.165, 1.54) is 18.6 Å². The van der Waals surface area contributed by atoms with Crippen molar-refractivity contribution in [3.63, 3.8) is 0 Å². The predicted molar refractivity (Wildman–Crippen MR) is 72.4 cm³/mol. The van der Waals surface area contributed by atoms with E-state index in [9.17, 15) is 4.79 Å². The van der Waals surface area contributed by atoms with Gasteiger partial charge in [-0.05, 0) is 31.3 Å². The van der Waals surface area contributed by atoms with E-state index in [1.54, 1.807) is 7.11 Å². The van der Waals surface area contributed by atoms with E-state index in [0.29, 0.717) is 0 Å². The highest BCUT2D eigenvalue weighted by atomic mass is 32.2. The Labute approximate surface area is 108 Å². The summed E-state index contributed by atoms with van der Waals surface area (Å²) in [6.45, 7) is 1.57. The van der Waals surface area contributed by atoms with Crippen molar-refractivity contribution in [1.29, 1.82) is 0 Å². The molecule has 1 heterocycles. The molecule has 0 aliphatic carbocycles. The number of unbranched alkanes of at least 4 members (excludes halogenated alkanes) is 2. The molecule has 0 aromatic rings. The molecule has 2 N–H and O–H groups in total. The van der Waals surface area contributed by atoms with Crippen LogP contribution in [0.3, 0.4) is 0 Å². The summed E-state index contributed by atoms with van der Waals surface area (Å²) < 4.78 is 5.22. The molecule has 1 aliphatic rings. The monoisotopic (exact) mass is 260 g/mol. The first kappa shape index (κ1) is 14.8. The van der Waals surface area contributed by atoms with Crippen LogP contribution < -0.4 is 10.6 Å². The molecule has 1 rings (SSSR count). The Kier molecular flexibility index (Phi) is 7.64. The van der Waals surface area contributed by atoms with Gasteiger partial charge in [-0.2, -0.15) is 11.8 Å². The lowest BCUT2D eigenvalue weighted by Crippen LogP contribution is -2.40. The molecule has 1 aliphatic heterocycles. The summed E-state index contributed by atoms with van der Waals surface area (Å²) in [7, 11) is 1.69. The van der Waals surface area contributed by atoms with Crippen molar-refractivity contribution >= 4 is 17.7 Å². The normalized spacial score (nSPS) is 23.9. The minimum atomic E-state index is -0.0638. The van der Waals surface area contributed by atoms with Crippen molar-refractivity contribution in [3.05, 3.63) is 0 Å². The lowest BCUT2D eigenvalue weighted by atomic mass is 10.2. The van der Waals surface area contributed by atoms with Crippen molar-refractivity contribution in [2.75, 3.05) is 32.2 Å². The zero-order valence-electron chi connectivity index (χ0n) is 10.8. The second-order valence-corrected chi connectivity index (χ2v) is 5.38. The summed E-state index contributed by atoms with van der Waals surface area (Å²) in [6, 6.07) is -0.0638. The first-order valence-electron chi connectivity index (χ1n) is 6.30. The first-order chi connectivity index (χ1) is 8.27. The van der Waals surface area contributed by atoms with E-state index in [1.807, 2.05) is 11.8 Å². The van der Waals surface area contributed by atoms with Crippen LogP contribution in [-0.2, 0) is 9.53 Å². The molecular weight excluding hydrogens is 236 g/mol. The number of carbonyl (C=O) groups is 1. The Bertz CT molecular complexity index is 227. The average Bonchev–Trinajstić information content (AvgIpc) is 2.82. The van der Waals surface area contributed by atoms with E-state index in [-0.39, 0.29) is 18.1 Å². The number of hydrogen-bond acceptors (Lipinski definition) is 4. The molecule has 1 amide bonds. The van der Waals surface area contributed by atoms with E-state index < -0.39 is 0 Å². The standard InChI is InChI=1S/C12H24N2O2S/c1-16-10-8-11(14-9-10)12(15)13-6-4-3-5-7-17-2/h10-11,14H,3-9H2,1-2H3,(H,13,15). The fourth-order valence-corrected chi connectivity index (χ4v) is 2.46. The van der Waals surface area contributed by atoms with Gasteiger partial charge in [0.1, 0.15) is 0 Å². The van der Waals surface area contributed by atoms with Gasteiger partial charge in [0, 0.05) is 20.2 Å². The summed E-state index contributed by atoms with van der Waals surface area (Å²) in [5.74, 6) is 1.34. The fourth-order valence-electron chi connectivity index (χ4n) is 1.97. The quantitative estimate of drug-likeness (QED) is 0.640. The number of methoxy groups -OCH3 is 1. The molecule has 0 spiro atoms. The lowest BCUT2D eigenvalue weighted by Gasteiger charge is -2.11. The van der Waals surface area contributed by atoms with Crippen molar-refractivity contribution in [2.24, 2.45) is 0 Å². The van der Waals surface area contributed by atoms with Crippen molar-refractivity contribution in [2.45, 2.75) is 37.8 Å². The zero-order chi connectivity index (χ0) is 12.5. The van der Waals surface area contributed by atoms with Gasteiger partial charge in [-0.1, -0.05) is 6.42 Å². The van der Waals surface area contributed by atoms with Crippen molar-refractivity contribution in [1.82, 2.24) is 10.6 Å². The summed E-state index contributed by atoms with van der Waals surface area (Å²) >= 11 is 1.88. The molecule has 0 radical (unpaired) electrons. The SMILES string of the molecule is COC1CNC(C(=O)NCCCCCSC)C1. The highest BCUT2D eigenvalue weighted by molar-refractivity contribution is 7.98. The number of thioether (sulfide) groups is 1. The number of amides is 1. The third kappa shape index (κ3) is 5.75. The lowest BCUT2D eigenvalue weighted by molar-refractivity contribution is -0.122. The van der Waals surface area contributed by atoms with Crippen LogP contribution in [0.15, 0.2) is 0 Å². The van der Waals surface area contributed by atoms with Gasteiger partial charge < -0.3 is 15.4 Å². The number of hydrogen-bond donors (Lipinski definition) is 2. The van der Waals surface area contributed by atoms with Crippen LogP contribution in [0, 0.1) is 0 Å². The Balaban J connectivity index is 2.01. The minimum absolute atomic E-state index is 0.0638. The van der Waals surface area contributed by atoms with Crippen molar-refractivity contribution in [3.8, 4) is 0 Å². The molecule has 1 fully saturated rings. The van der Waals surface area contributed by atoms with Crippen LogP contribution >= 0.6 is 11.8 Å². The summed E-state index contributed by atoms with van der Waals surface area (Å²) in [5, 5.41) is 6.16. The van der Waals surface area contributed by atoms with Gasteiger partial charge in [-0.25, -0.2) is 0 Å². The highest BCUT2D eigenvalue weighted by Crippen LogP contribution is 2.09. The summed E-state index contributed by atoms with van der Waals surface area (Å²) in [4.78, 5) is 11.8. The van der Waals surface area contributed by atoms with Crippen LogP contribution in [0.1, 0.15) is 25.7 Å². The third-order valence-electron chi connectivity index (χ3n) is 3.06. The van der Waals surface area contributed by atoms with E-state index in [2.05, 4.69) is 16.9 Å². The Morgan fingerprint density at radius 3 is 2.94 bits per heavy atom. The van der Waals surface area contributed by atoms with Gasteiger partial charge in [0.05, 0.1) is 12.1 Å². The molecule has 2 unspecified atom stereocenters. The molecule has 4 nitrogen and oxygen atoms in total. The smallest absolute Gasteiger partial charge is 0.237 e. The minimum Gasteiger partial charge on any atom is -0.380 e. The average molecular weight is 260 g/mol. The third-order valence-corrected chi connectivity index (χ3v) is 3.76. The largest absolute Gasteiger partial charge is 0.380 e. The van der Waals surface area contributed by atoms with E-state index in [4.69, 9.17) is 4.74 Å². The maximum atomic E-state index is 11.8. The number of nitrogens with one attached hydrogen (secondary N) is 2. The van der Waals surface area contributed by atoms with Gasteiger partial charge in [0.2, 0.25) is 5.91 Å².